The second-order valence-electron chi connectivity index (χ2n) is 10.7. The minimum absolute atomic E-state index is 0.0191. The highest BCUT2D eigenvalue weighted by atomic mass is 19.1. The third kappa shape index (κ3) is 5.86. The number of likely N-dealkylation sites (tertiary alicyclic amines) is 1. The number of nitrogens with zero attached hydrogens (tertiary/aromatic N) is 4. The summed E-state index contributed by atoms with van der Waals surface area (Å²) < 4.78 is 50.0. The smallest absolute Gasteiger partial charge is 0.323 e. The van der Waals surface area contributed by atoms with E-state index in [9.17, 15) is 18.8 Å². The first kappa shape index (κ1) is 28.9. The summed E-state index contributed by atoms with van der Waals surface area (Å²) in [5.41, 5.74) is 3.40. The van der Waals surface area contributed by atoms with Crippen molar-refractivity contribution in [1.29, 1.82) is 0 Å². The zero-order chi connectivity index (χ0) is 30.2. The highest BCUT2D eigenvalue weighted by Gasteiger charge is 2.57. The van der Waals surface area contributed by atoms with Gasteiger partial charge in [-0.05, 0) is 57.3 Å². The van der Waals surface area contributed by atoms with Crippen LogP contribution in [-0.2, 0) is 9.59 Å². The number of nitrogens with two attached hydrogens (primary N) is 1. The molecule has 3 aromatic rings. The predicted molar refractivity (Wildman–Crippen MR) is 148 cm³/mol. The number of hydrogen-bond donors (Lipinski definition) is 2. The fraction of sp³-hybridized carbons (Fsp3) is 0.310. The van der Waals surface area contributed by atoms with E-state index in [2.05, 4.69) is 15.2 Å². The minimum atomic E-state index is -1.56. The summed E-state index contributed by atoms with van der Waals surface area (Å²) in [7, 11) is 3.93. The number of nitrogens with one attached hydrogen (secondary N) is 1. The molecule has 5 rings (SSSR count). The van der Waals surface area contributed by atoms with Gasteiger partial charge in [0.05, 0.1) is 5.69 Å². The summed E-state index contributed by atoms with van der Waals surface area (Å²) in [6, 6.07) is 8.44. The summed E-state index contributed by atoms with van der Waals surface area (Å²) >= 11 is 0. The quantitative estimate of drug-likeness (QED) is 0.364. The van der Waals surface area contributed by atoms with Crippen LogP contribution in [0.1, 0.15) is 12.8 Å². The Bertz CT molecular complexity index is 1520. The molecule has 1 aromatic heterocycles. The molecule has 3 N–H and O–H groups in total. The topological polar surface area (TPSA) is 121 Å². The standard InChI is InChI=1S/C29H29F3N6O4/c1-36(2)14-17-15-37(16-17)28(41)35-25-11-20(7-10-34-25)42-24-13-21(31)23(12-22(24)32)38(19-5-3-18(30)4-6-19)27(40)29(8-9-29)26(33)39/h3-7,10-13,17H,8-9,14-16H2,1-2H3,(H2,33,39)(H,34,35,41). The maximum absolute atomic E-state index is 15.5. The summed E-state index contributed by atoms with van der Waals surface area (Å²) in [4.78, 5) is 46.6. The molecule has 13 heteroatoms. The molecule has 0 atom stereocenters. The second kappa shape index (κ2) is 11.3. The monoisotopic (exact) mass is 582 g/mol. The van der Waals surface area contributed by atoms with Gasteiger partial charge in [-0.2, -0.15) is 0 Å². The van der Waals surface area contributed by atoms with E-state index in [0.29, 0.717) is 19.0 Å². The summed E-state index contributed by atoms with van der Waals surface area (Å²) in [5, 5.41) is 2.66. The Morgan fingerprint density at radius 3 is 2.36 bits per heavy atom. The van der Waals surface area contributed by atoms with Crippen LogP contribution < -0.4 is 20.7 Å². The maximum atomic E-state index is 15.5. The molecule has 1 saturated carbocycles. The predicted octanol–water partition coefficient (Wildman–Crippen LogP) is 4.25. The molecule has 2 fully saturated rings. The number of benzene rings is 2. The number of primary amides is 1. The van der Waals surface area contributed by atoms with Crippen molar-refractivity contribution in [3.05, 3.63) is 72.2 Å². The molecule has 0 bridgehead atoms. The molecule has 1 aliphatic heterocycles. The van der Waals surface area contributed by atoms with E-state index >= 15 is 8.78 Å². The van der Waals surface area contributed by atoms with Crippen molar-refractivity contribution in [1.82, 2.24) is 14.8 Å². The van der Waals surface area contributed by atoms with E-state index in [-0.39, 0.29) is 36.1 Å². The maximum Gasteiger partial charge on any atom is 0.323 e. The van der Waals surface area contributed by atoms with E-state index in [0.717, 1.165) is 35.7 Å². The number of urea groups is 1. The van der Waals surface area contributed by atoms with Gasteiger partial charge >= 0.3 is 6.03 Å². The van der Waals surface area contributed by atoms with Gasteiger partial charge in [-0.15, -0.1) is 0 Å². The Kier molecular flexibility index (Phi) is 7.78. The normalized spacial score (nSPS) is 15.6. The van der Waals surface area contributed by atoms with Crippen LogP contribution in [0.4, 0.5) is 35.2 Å². The van der Waals surface area contributed by atoms with Crippen LogP contribution in [0, 0.1) is 28.8 Å². The largest absolute Gasteiger partial charge is 0.454 e. The summed E-state index contributed by atoms with van der Waals surface area (Å²) in [6.45, 7) is 2.08. The molecule has 2 heterocycles. The number of ether oxygens (including phenoxy) is 1. The van der Waals surface area contributed by atoms with Crippen LogP contribution in [0.3, 0.4) is 0 Å². The molecule has 4 amide bonds. The lowest BCUT2D eigenvalue weighted by Crippen LogP contribution is -2.54. The highest BCUT2D eigenvalue weighted by Crippen LogP contribution is 2.49. The number of rotatable bonds is 9. The second-order valence-corrected chi connectivity index (χ2v) is 10.7. The molecule has 2 aromatic carbocycles. The average molecular weight is 583 g/mol. The number of carbonyl (C=O) groups is 3. The van der Waals surface area contributed by atoms with Crippen LogP contribution in [0.5, 0.6) is 11.5 Å². The zero-order valence-electron chi connectivity index (χ0n) is 22.9. The molecular weight excluding hydrogens is 553 g/mol. The van der Waals surface area contributed by atoms with Gasteiger partial charge in [0.15, 0.2) is 17.4 Å². The Labute approximate surface area is 239 Å². The molecule has 1 saturated heterocycles. The van der Waals surface area contributed by atoms with E-state index in [1.807, 2.05) is 14.1 Å². The minimum Gasteiger partial charge on any atom is -0.454 e. The van der Waals surface area contributed by atoms with Gasteiger partial charge < -0.3 is 20.3 Å². The van der Waals surface area contributed by atoms with Crippen molar-refractivity contribution in [2.75, 3.05) is 43.9 Å². The van der Waals surface area contributed by atoms with E-state index in [4.69, 9.17) is 10.5 Å². The van der Waals surface area contributed by atoms with Crippen molar-refractivity contribution >= 4 is 35.0 Å². The lowest BCUT2D eigenvalue weighted by Gasteiger charge is -2.40. The van der Waals surface area contributed by atoms with Crippen molar-refractivity contribution < 1.29 is 32.3 Å². The SMILES string of the molecule is CN(C)CC1CN(C(=O)Nc2cc(Oc3cc(F)c(N(C(=O)C4(C(N)=O)CC4)c4ccc(F)cc4)cc3F)ccn2)C1. The lowest BCUT2D eigenvalue weighted by atomic mass is 10.0. The van der Waals surface area contributed by atoms with Crippen LogP contribution in [-0.4, -0.2) is 66.4 Å². The number of halogens is 3. The van der Waals surface area contributed by atoms with E-state index < -0.39 is 46.1 Å². The van der Waals surface area contributed by atoms with Gasteiger partial charge in [-0.1, -0.05) is 0 Å². The fourth-order valence-electron chi connectivity index (χ4n) is 4.85. The number of anilines is 3. The molecule has 0 unspecified atom stereocenters. The van der Waals surface area contributed by atoms with Gasteiger partial charge in [0.1, 0.15) is 22.8 Å². The van der Waals surface area contributed by atoms with E-state index in [1.54, 1.807) is 4.90 Å². The Morgan fingerprint density at radius 2 is 1.74 bits per heavy atom. The van der Waals surface area contributed by atoms with Gasteiger partial charge in [-0.3, -0.25) is 19.8 Å². The number of carbonyl (C=O) groups excluding carboxylic acids is 3. The van der Waals surface area contributed by atoms with Gasteiger partial charge in [-0.25, -0.2) is 22.9 Å². The Hall–Kier alpha value is -4.65. The molecule has 10 nitrogen and oxygen atoms in total. The number of aromatic nitrogens is 1. The number of amides is 4. The third-order valence-corrected chi connectivity index (χ3v) is 7.22. The van der Waals surface area contributed by atoms with E-state index in [1.165, 1.54) is 30.5 Å². The van der Waals surface area contributed by atoms with Crippen LogP contribution >= 0.6 is 0 Å². The fourth-order valence-corrected chi connectivity index (χ4v) is 4.85. The van der Waals surface area contributed by atoms with Crippen molar-refractivity contribution in [2.45, 2.75) is 12.8 Å². The molecule has 42 heavy (non-hydrogen) atoms. The molecule has 1 aliphatic carbocycles. The Morgan fingerprint density at radius 1 is 1.05 bits per heavy atom. The molecule has 0 radical (unpaired) electrons. The van der Waals surface area contributed by atoms with Crippen LogP contribution in [0.2, 0.25) is 0 Å². The lowest BCUT2D eigenvalue weighted by molar-refractivity contribution is -0.133. The zero-order valence-corrected chi connectivity index (χ0v) is 22.9. The van der Waals surface area contributed by atoms with Crippen molar-refractivity contribution in [2.24, 2.45) is 17.1 Å². The van der Waals surface area contributed by atoms with Gasteiger partial charge in [0.25, 0.3) is 0 Å². The Balaban J connectivity index is 1.35. The van der Waals surface area contributed by atoms with Crippen LogP contribution in [0.15, 0.2) is 54.7 Å². The van der Waals surface area contributed by atoms with Crippen molar-refractivity contribution in [3.8, 4) is 11.5 Å². The first-order chi connectivity index (χ1) is 20.0. The average Bonchev–Trinajstić information content (AvgIpc) is 3.72. The first-order valence-electron chi connectivity index (χ1n) is 13.2. The number of hydrogen-bond acceptors (Lipinski definition) is 6. The van der Waals surface area contributed by atoms with Gasteiger partial charge in [0, 0.05) is 55.6 Å². The van der Waals surface area contributed by atoms with Crippen LogP contribution in [0.25, 0.3) is 0 Å². The highest BCUT2D eigenvalue weighted by molar-refractivity contribution is 6.16. The number of pyridine rings is 1. The molecule has 220 valence electrons. The molecule has 0 spiro atoms. The van der Waals surface area contributed by atoms with Crippen molar-refractivity contribution in [3.63, 3.8) is 0 Å². The van der Waals surface area contributed by atoms with Gasteiger partial charge in [0.2, 0.25) is 11.8 Å². The summed E-state index contributed by atoms with van der Waals surface area (Å²) in [5.74, 6) is -4.31. The summed E-state index contributed by atoms with van der Waals surface area (Å²) in [6.07, 6.45) is 1.64. The first-order valence-corrected chi connectivity index (χ1v) is 13.2. The molecule has 2 aliphatic rings. The third-order valence-electron chi connectivity index (χ3n) is 7.22. The molecular formula is C29H29F3N6O4.